The first-order valence-electron chi connectivity index (χ1n) is 9.37. The summed E-state index contributed by atoms with van der Waals surface area (Å²) in [6.07, 6.45) is 3.84. The quantitative estimate of drug-likeness (QED) is 0.680. The second-order valence-electron chi connectivity index (χ2n) is 6.79. The predicted molar refractivity (Wildman–Crippen MR) is 112 cm³/mol. The number of rotatable bonds is 5. The summed E-state index contributed by atoms with van der Waals surface area (Å²) in [5, 5.41) is 0. The molecular weight excluding hydrogens is 356 g/mol. The van der Waals surface area contributed by atoms with E-state index >= 15 is 0 Å². The highest BCUT2D eigenvalue weighted by molar-refractivity contribution is 5.77. The highest BCUT2D eigenvalue weighted by atomic mass is 16.5. The molecule has 3 aromatic rings. The first-order chi connectivity index (χ1) is 13.3. The summed E-state index contributed by atoms with van der Waals surface area (Å²) in [7, 11) is 3.46. The SMILES string of the molecule is CCn1c(=O)c2c(nc(C=Cc3cc(C)c(OC)cc3C)n2C)n(CC)c1=O. The molecule has 148 valence electrons. The maximum absolute atomic E-state index is 12.8. The molecule has 0 aliphatic rings. The van der Waals surface area contributed by atoms with Gasteiger partial charge >= 0.3 is 5.69 Å². The lowest BCUT2D eigenvalue weighted by molar-refractivity contribution is 0.411. The van der Waals surface area contributed by atoms with Gasteiger partial charge in [0.15, 0.2) is 11.2 Å². The topological polar surface area (TPSA) is 71.1 Å². The van der Waals surface area contributed by atoms with Crippen LogP contribution < -0.4 is 16.0 Å². The normalized spacial score (nSPS) is 11.6. The molecule has 0 fully saturated rings. The fourth-order valence-corrected chi connectivity index (χ4v) is 3.47. The van der Waals surface area contributed by atoms with E-state index in [4.69, 9.17) is 4.74 Å². The van der Waals surface area contributed by atoms with Crippen molar-refractivity contribution >= 4 is 23.3 Å². The highest BCUT2D eigenvalue weighted by Crippen LogP contribution is 2.24. The van der Waals surface area contributed by atoms with Crippen LogP contribution in [0.5, 0.6) is 5.75 Å². The number of aryl methyl sites for hydroxylation is 4. The molecule has 0 N–H and O–H groups in total. The standard InChI is InChI=1S/C21H26N4O3/c1-7-24-19-18(20(26)25(8-2)21(24)27)23(5)17(22-19)10-9-15-11-14(4)16(28-6)12-13(15)3/h9-12H,7-8H2,1-6H3. The molecule has 28 heavy (non-hydrogen) atoms. The highest BCUT2D eigenvalue weighted by Gasteiger charge is 2.17. The maximum atomic E-state index is 12.8. The molecule has 0 spiro atoms. The molecule has 0 bridgehead atoms. The Bertz CT molecular complexity index is 1200. The van der Waals surface area contributed by atoms with Gasteiger partial charge in [-0.05, 0) is 62.6 Å². The number of methoxy groups -OCH3 is 1. The molecule has 0 atom stereocenters. The largest absolute Gasteiger partial charge is 0.496 e. The van der Waals surface area contributed by atoms with Crippen molar-refractivity contribution in [3.63, 3.8) is 0 Å². The van der Waals surface area contributed by atoms with E-state index in [1.54, 1.807) is 30.2 Å². The number of nitrogens with zero attached hydrogens (tertiary/aromatic N) is 4. The number of hydrogen-bond acceptors (Lipinski definition) is 4. The van der Waals surface area contributed by atoms with Gasteiger partial charge in [-0.25, -0.2) is 9.78 Å². The Hall–Kier alpha value is -3.09. The summed E-state index contributed by atoms with van der Waals surface area (Å²) in [5.74, 6) is 1.47. The third-order valence-corrected chi connectivity index (χ3v) is 5.10. The second kappa shape index (κ2) is 7.50. The monoisotopic (exact) mass is 382 g/mol. The van der Waals surface area contributed by atoms with E-state index in [1.165, 1.54) is 4.57 Å². The Balaban J connectivity index is 2.18. The Labute approximate surface area is 163 Å². The van der Waals surface area contributed by atoms with Crippen molar-refractivity contribution in [1.82, 2.24) is 18.7 Å². The number of imidazole rings is 1. The minimum atomic E-state index is -0.322. The fraction of sp³-hybridized carbons (Fsp3) is 0.381. The summed E-state index contributed by atoms with van der Waals surface area (Å²) < 4.78 is 9.90. The number of hydrogen-bond donors (Lipinski definition) is 0. The van der Waals surface area contributed by atoms with Crippen LogP contribution in [0.3, 0.4) is 0 Å². The average molecular weight is 382 g/mol. The van der Waals surface area contributed by atoms with Gasteiger partial charge in [0.05, 0.1) is 7.11 Å². The van der Waals surface area contributed by atoms with Crippen LogP contribution in [-0.2, 0) is 20.1 Å². The summed E-state index contributed by atoms with van der Waals surface area (Å²) in [6, 6.07) is 4.05. The molecule has 0 aliphatic heterocycles. The number of fused-ring (bicyclic) bond motifs is 1. The van der Waals surface area contributed by atoms with Crippen molar-refractivity contribution in [2.45, 2.75) is 40.8 Å². The lowest BCUT2D eigenvalue weighted by Crippen LogP contribution is -2.39. The molecule has 0 aliphatic carbocycles. The molecule has 1 aromatic carbocycles. The third kappa shape index (κ3) is 3.06. The van der Waals surface area contributed by atoms with E-state index in [1.807, 2.05) is 39.0 Å². The molecule has 0 saturated heterocycles. The molecule has 2 aromatic heterocycles. The summed E-state index contributed by atoms with van der Waals surface area (Å²) in [5.41, 5.74) is 3.40. The fourth-order valence-electron chi connectivity index (χ4n) is 3.47. The summed E-state index contributed by atoms with van der Waals surface area (Å²) in [4.78, 5) is 29.9. The van der Waals surface area contributed by atoms with E-state index in [9.17, 15) is 9.59 Å². The van der Waals surface area contributed by atoms with Gasteiger partial charge in [-0.1, -0.05) is 6.08 Å². The summed E-state index contributed by atoms with van der Waals surface area (Å²) >= 11 is 0. The van der Waals surface area contributed by atoms with Crippen LogP contribution in [0.1, 0.15) is 36.4 Å². The van der Waals surface area contributed by atoms with Crippen molar-refractivity contribution in [2.75, 3.05) is 7.11 Å². The van der Waals surface area contributed by atoms with E-state index in [0.717, 1.165) is 22.4 Å². The van der Waals surface area contributed by atoms with E-state index in [-0.39, 0.29) is 11.2 Å². The molecule has 0 unspecified atom stereocenters. The van der Waals surface area contributed by atoms with Crippen LogP contribution in [0.15, 0.2) is 21.7 Å². The Morgan fingerprint density at radius 1 is 1.04 bits per heavy atom. The van der Waals surface area contributed by atoms with Crippen LogP contribution in [-0.4, -0.2) is 25.8 Å². The van der Waals surface area contributed by atoms with Crippen LogP contribution in [0, 0.1) is 13.8 Å². The van der Waals surface area contributed by atoms with E-state index in [2.05, 4.69) is 11.1 Å². The first kappa shape index (κ1) is 19.7. The zero-order valence-corrected chi connectivity index (χ0v) is 17.2. The van der Waals surface area contributed by atoms with Crippen molar-refractivity contribution < 1.29 is 4.74 Å². The van der Waals surface area contributed by atoms with Gasteiger partial charge in [0.1, 0.15) is 11.6 Å². The number of aromatic nitrogens is 4. The zero-order valence-electron chi connectivity index (χ0n) is 17.2. The van der Waals surface area contributed by atoms with Crippen LogP contribution in [0.25, 0.3) is 23.3 Å². The van der Waals surface area contributed by atoms with Crippen LogP contribution in [0.4, 0.5) is 0 Å². The maximum Gasteiger partial charge on any atom is 0.332 e. The zero-order chi connectivity index (χ0) is 20.6. The van der Waals surface area contributed by atoms with Gasteiger partial charge in [0.2, 0.25) is 0 Å². The minimum Gasteiger partial charge on any atom is -0.496 e. The molecule has 7 heteroatoms. The third-order valence-electron chi connectivity index (χ3n) is 5.10. The molecule has 2 heterocycles. The van der Waals surface area contributed by atoms with Crippen molar-refractivity contribution in [3.05, 3.63) is 55.5 Å². The van der Waals surface area contributed by atoms with E-state index < -0.39 is 0 Å². The van der Waals surface area contributed by atoms with Gasteiger partial charge in [-0.2, -0.15) is 0 Å². The lowest BCUT2D eigenvalue weighted by Gasteiger charge is -2.08. The van der Waals surface area contributed by atoms with Crippen molar-refractivity contribution in [2.24, 2.45) is 7.05 Å². The van der Waals surface area contributed by atoms with Crippen molar-refractivity contribution in [1.29, 1.82) is 0 Å². The van der Waals surface area contributed by atoms with Gasteiger partial charge in [0.25, 0.3) is 5.56 Å². The van der Waals surface area contributed by atoms with Gasteiger partial charge in [0, 0.05) is 20.1 Å². The Morgan fingerprint density at radius 3 is 2.32 bits per heavy atom. The van der Waals surface area contributed by atoms with Gasteiger partial charge in [-0.3, -0.25) is 13.9 Å². The first-order valence-corrected chi connectivity index (χ1v) is 9.37. The molecule has 0 amide bonds. The predicted octanol–water partition coefficient (Wildman–Crippen LogP) is 2.73. The smallest absolute Gasteiger partial charge is 0.332 e. The average Bonchev–Trinajstić information content (AvgIpc) is 2.99. The summed E-state index contributed by atoms with van der Waals surface area (Å²) in [6.45, 7) is 8.46. The minimum absolute atomic E-state index is 0.307. The van der Waals surface area contributed by atoms with Gasteiger partial charge < -0.3 is 9.30 Å². The molecule has 0 saturated carbocycles. The van der Waals surface area contributed by atoms with Crippen LogP contribution >= 0.6 is 0 Å². The molecule has 7 nitrogen and oxygen atoms in total. The molecule has 3 rings (SSSR count). The van der Waals surface area contributed by atoms with Crippen LogP contribution in [0.2, 0.25) is 0 Å². The van der Waals surface area contributed by atoms with Crippen molar-refractivity contribution in [3.8, 4) is 5.75 Å². The van der Waals surface area contributed by atoms with Gasteiger partial charge in [-0.15, -0.1) is 0 Å². The number of benzene rings is 1. The second-order valence-corrected chi connectivity index (χ2v) is 6.79. The Morgan fingerprint density at radius 2 is 1.71 bits per heavy atom. The Kier molecular flexibility index (Phi) is 5.27. The molecule has 0 radical (unpaired) electrons. The molecular formula is C21H26N4O3. The van der Waals surface area contributed by atoms with E-state index in [0.29, 0.717) is 30.1 Å². The number of ether oxygens (including phenoxy) is 1. The lowest BCUT2D eigenvalue weighted by atomic mass is 10.0.